The third-order valence-electron chi connectivity index (χ3n) is 8.18. The molecule has 1 N–H and O–H groups in total. The van der Waals surface area contributed by atoms with E-state index in [2.05, 4.69) is 52.5 Å². The van der Waals surface area contributed by atoms with E-state index in [1.807, 2.05) is 0 Å². The molecule has 6 nitrogen and oxygen atoms in total. The van der Waals surface area contributed by atoms with Crippen LogP contribution in [0.25, 0.3) is 22.8 Å². The number of aromatic nitrogens is 2. The fourth-order valence-electron chi connectivity index (χ4n) is 6.12. The predicted molar refractivity (Wildman–Crippen MR) is 129 cm³/mol. The second kappa shape index (κ2) is 8.99. The van der Waals surface area contributed by atoms with Gasteiger partial charge in [0.25, 0.3) is 5.89 Å². The SMILES string of the molecule is O=C(O)C1CCC(N2Cc3ccc(-c4noc(-c5ccc(C6CCCC6)cc5)n4)cc3C2)CC1. The van der Waals surface area contributed by atoms with Gasteiger partial charge in [0.05, 0.1) is 5.92 Å². The van der Waals surface area contributed by atoms with Crippen LogP contribution in [0.1, 0.15) is 74.0 Å². The topological polar surface area (TPSA) is 79.5 Å². The first-order valence-corrected chi connectivity index (χ1v) is 12.7. The quantitative estimate of drug-likeness (QED) is 0.505. The maximum Gasteiger partial charge on any atom is 0.306 e. The number of nitrogens with zero attached hydrogens (tertiary/aromatic N) is 3. The van der Waals surface area contributed by atoms with E-state index in [-0.39, 0.29) is 5.92 Å². The summed E-state index contributed by atoms with van der Waals surface area (Å²) in [5.41, 5.74) is 6.01. The highest BCUT2D eigenvalue weighted by Crippen LogP contribution is 2.36. The van der Waals surface area contributed by atoms with Crippen molar-refractivity contribution in [3.8, 4) is 22.8 Å². The molecule has 3 aliphatic rings. The van der Waals surface area contributed by atoms with Crippen molar-refractivity contribution in [1.82, 2.24) is 15.0 Å². The highest BCUT2D eigenvalue weighted by Gasteiger charge is 2.32. The largest absolute Gasteiger partial charge is 0.481 e. The monoisotopic (exact) mass is 457 g/mol. The molecule has 0 saturated heterocycles. The molecule has 176 valence electrons. The first kappa shape index (κ1) is 21.5. The van der Waals surface area contributed by atoms with Crippen molar-refractivity contribution in [2.75, 3.05) is 0 Å². The van der Waals surface area contributed by atoms with Crippen LogP contribution in [-0.4, -0.2) is 32.2 Å². The van der Waals surface area contributed by atoms with Gasteiger partial charge in [0.2, 0.25) is 5.82 Å². The van der Waals surface area contributed by atoms with Crippen LogP contribution in [0.5, 0.6) is 0 Å². The van der Waals surface area contributed by atoms with Crippen molar-refractivity contribution in [3.05, 3.63) is 59.2 Å². The number of hydrogen-bond donors (Lipinski definition) is 1. The van der Waals surface area contributed by atoms with Crippen LogP contribution in [-0.2, 0) is 17.9 Å². The average Bonchev–Trinajstić information content (AvgIpc) is 3.64. The van der Waals surface area contributed by atoms with Crippen molar-refractivity contribution < 1.29 is 14.4 Å². The van der Waals surface area contributed by atoms with Gasteiger partial charge in [-0.1, -0.05) is 42.3 Å². The van der Waals surface area contributed by atoms with Gasteiger partial charge >= 0.3 is 5.97 Å². The Morgan fingerprint density at radius 3 is 2.32 bits per heavy atom. The van der Waals surface area contributed by atoms with Gasteiger partial charge in [0.1, 0.15) is 0 Å². The Morgan fingerprint density at radius 1 is 0.882 bits per heavy atom. The summed E-state index contributed by atoms with van der Waals surface area (Å²) in [6.45, 7) is 1.84. The lowest BCUT2D eigenvalue weighted by atomic mass is 9.85. The normalized spacial score (nSPS) is 23.3. The Morgan fingerprint density at radius 2 is 1.59 bits per heavy atom. The van der Waals surface area contributed by atoms with E-state index < -0.39 is 5.97 Å². The third-order valence-corrected chi connectivity index (χ3v) is 8.18. The lowest BCUT2D eigenvalue weighted by molar-refractivity contribution is -0.143. The van der Waals surface area contributed by atoms with Gasteiger partial charge in [0.15, 0.2) is 0 Å². The zero-order valence-corrected chi connectivity index (χ0v) is 19.4. The van der Waals surface area contributed by atoms with E-state index in [0.29, 0.717) is 23.7 Å². The van der Waals surface area contributed by atoms with Crippen LogP contribution in [0, 0.1) is 5.92 Å². The molecule has 6 heteroatoms. The molecule has 0 spiro atoms. The van der Waals surface area contributed by atoms with Crippen LogP contribution in [0.15, 0.2) is 47.0 Å². The van der Waals surface area contributed by atoms with Crippen molar-refractivity contribution in [2.24, 2.45) is 5.92 Å². The minimum atomic E-state index is -0.642. The van der Waals surface area contributed by atoms with Gasteiger partial charge in [-0.15, -0.1) is 0 Å². The van der Waals surface area contributed by atoms with Gasteiger partial charge in [-0.3, -0.25) is 9.69 Å². The van der Waals surface area contributed by atoms with Crippen molar-refractivity contribution in [1.29, 1.82) is 0 Å². The summed E-state index contributed by atoms with van der Waals surface area (Å²) in [6, 6.07) is 15.6. The summed E-state index contributed by atoms with van der Waals surface area (Å²) < 4.78 is 5.62. The molecule has 34 heavy (non-hydrogen) atoms. The predicted octanol–water partition coefficient (Wildman–Crippen LogP) is 6.02. The molecule has 2 aliphatic carbocycles. The Hall–Kier alpha value is -2.99. The molecule has 2 saturated carbocycles. The lowest BCUT2D eigenvalue weighted by Crippen LogP contribution is -2.35. The average molecular weight is 458 g/mol. The molecule has 0 amide bonds. The van der Waals surface area contributed by atoms with Gasteiger partial charge in [0, 0.05) is 30.3 Å². The molecular weight excluding hydrogens is 426 g/mol. The van der Waals surface area contributed by atoms with E-state index in [9.17, 15) is 9.90 Å². The van der Waals surface area contributed by atoms with Crippen molar-refractivity contribution in [3.63, 3.8) is 0 Å². The molecule has 6 rings (SSSR count). The molecule has 0 unspecified atom stereocenters. The lowest BCUT2D eigenvalue weighted by Gasteiger charge is -2.33. The minimum absolute atomic E-state index is 0.167. The molecule has 2 heterocycles. The standard InChI is InChI=1S/C28H31N3O3/c32-28(33)21-11-13-25(14-12-21)31-16-23-10-9-22(15-24(23)17-31)26-29-27(34-30-26)20-7-5-19(6-8-20)18-3-1-2-4-18/h5-10,15,18,21,25H,1-4,11-14,16-17H2,(H,32,33). The number of fused-ring (bicyclic) bond motifs is 1. The van der Waals surface area contributed by atoms with Gasteiger partial charge in [-0.05, 0) is 79.3 Å². The number of aliphatic carboxylic acids is 1. The molecule has 1 aliphatic heterocycles. The second-order valence-electron chi connectivity index (χ2n) is 10.3. The minimum Gasteiger partial charge on any atom is -0.481 e. The van der Waals surface area contributed by atoms with E-state index in [0.717, 1.165) is 49.9 Å². The van der Waals surface area contributed by atoms with Crippen LogP contribution >= 0.6 is 0 Å². The maximum atomic E-state index is 11.3. The number of hydrogen-bond acceptors (Lipinski definition) is 5. The van der Waals surface area contributed by atoms with Crippen molar-refractivity contribution >= 4 is 5.97 Å². The Kier molecular flexibility index (Phi) is 5.69. The summed E-state index contributed by atoms with van der Waals surface area (Å²) in [5, 5.41) is 13.5. The van der Waals surface area contributed by atoms with E-state index in [1.54, 1.807) is 0 Å². The van der Waals surface area contributed by atoms with E-state index >= 15 is 0 Å². The number of rotatable bonds is 5. The smallest absolute Gasteiger partial charge is 0.306 e. The molecule has 3 aromatic rings. The fourth-order valence-corrected chi connectivity index (χ4v) is 6.12. The molecular formula is C28H31N3O3. The second-order valence-corrected chi connectivity index (χ2v) is 10.3. The molecule has 1 aromatic heterocycles. The van der Waals surface area contributed by atoms with Crippen LogP contribution in [0.2, 0.25) is 0 Å². The number of carbonyl (C=O) groups is 1. The number of carboxylic acids is 1. The van der Waals surface area contributed by atoms with Crippen LogP contribution in [0.3, 0.4) is 0 Å². The highest BCUT2D eigenvalue weighted by molar-refractivity contribution is 5.70. The maximum absolute atomic E-state index is 11.3. The summed E-state index contributed by atoms with van der Waals surface area (Å²) in [4.78, 5) is 18.5. The van der Waals surface area contributed by atoms with Gasteiger partial charge in [-0.25, -0.2) is 0 Å². The summed E-state index contributed by atoms with van der Waals surface area (Å²) >= 11 is 0. The summed E-state index contributed by atoms with van der Waals surface area (Å²) in [7, 11) is 0. The van der Waals surface area contributed by atoms with Gasteiger partial charge in [-0.2, -0.15) is 4.98 Å². The zero-order valence-electron chi connectivity index (χ0n) is 19.4. The molecule has 0 bridgehead atoms. The Balaban J connectivity index is 1.14. The first-order chi connectivity index (χ1) is 16.6. The van der Waals surface area contributed by atoms with Crippen molar-refractivity contribution in [2.45, 2.75) is 76.4 Å². The molecule has 2 aromatic carbocycles. The Bertz CT molecular complexity index is 1170. The highest BCUT2D eigenvalue weighted by atomic mass is 16.5. The van der Waals surface area contributed by atoms with E-state index in [1.165, 1.54) is 42.4 Å². The molecule has 0 radical (unpaired) electrons. The summed E-state index contributed by atoms with van der Waals surface area (Å²) in [6.07, 6.45) is 8.76. The Labute approximate surface area is 200 Å². The number of benzene rings is 2. The number of carboxylic acid groups (broad SMARTS) is 1. The van der Waals surface area contributed by atoms with Crippen LogP contribution < -0.4 is 0 Å². The zero-order chi connectivity index (χ0) is 23.1. The first-order valence-electron chi connectivity index (χ1n) is 12.7. The van der Waals surface area contributed by atoms with Crippen LogP contribution in [0.4, 0.5) is 0 Å². The fraction of sp³-hybridized carbons (Fsp3) is 0.464. The third kappa shape index (κ3) is 4.16. The molecule has 2 fully saturated rings. The molecule has 0 atom stereocenters. The summed E-state index contributed by atoms with van der Waals surface area (Å²) in [5.74, 6) is 1.07. The van der Waals surface area contributed by atoms with E-state index in [4.69, 9.17) is 9.51 Å². The van der Waals surface area contributed by atoms with Gasteiger partial charge < -0.3 is 9.63 Å².